The van der Waals surface area contributed by atoms with Crippen LogP contribution in [0.2, 0.25) is 0 Å². The average molecular weight is 250 g/mol. The number of nitrogens with one attached hydrogen (secondary N) is 1. The third-order valence-corrected chi connectivity index (χ3v) is 3.24. The maximum atomic E-state index is 12.1. The predicted octanol–water partition coefficient (Wildman–Crippen LogP) is 0.925. The predicted molar refractivity (Wildman–Crippen MR) is 68.0 cm³/mol. The minimum absolute atomic E-state index is 0.143. The highest BCUT2D eigenvalue weighted by molar-refractivity contribution is 5.95. The van der Waals surface area contributed by atoms with Crippen molar-refractivity contribution in [1.82, 2.24) is 5.32 Å². The normalized spacial score (nSPS) is 15.9. The summed E-state index contributed by atoms with van der Waals surface area (Å²) < 4.78 is 10.3. The van der Waals surface area contributed by atoms with Gasteiger partial charge >= 0.3 is 0 Å². The summed E-state index contributed by atoms with van der Waals surface area (Å²) in [6.45, 7) is 0.472. The zero-order chi connectivity index (χ0) is 13.2. The third-order valence-electron chi connectivity index (χ3n) is 3.24. The molecule has 1 saturated carbocycles. The molecule has 0 atom stereocenters. The van der Waals surface area contributed by atoms with Gasteiger partial charge < -0.3 is 20.5 Å². The smallest absolute Gasteiger partial charge is 0.252 e. The van der Waals surface area contributed by atoms with Crippen LogP contribution in [0.3, 0.4) is 0 Å². The number of methoxy groups -OCH3 is 2. The first-order valence-corrected chi connectivity index (χ1v) is 5.88. The first-order valence-electron chi connectivity index (χ1n) is 5.88. The van der Waals surface area contributed by atoms with Crippen molar-refractivity contribution in [2.75, 3.05) is 20.8 Å². The molecule has 1 aliphatic rings. The molecule has 2 rings (SSSR count). The van der Waals surface area contributed by atoms with Gasteiger partial charge in [0.25, 0.3) is 5.91 Å². The Hall–Kier alpha value is -1.75. The molecule has 5 nitrogen and oxygen atoms in total. The Balaban J connectivity index is 2.18. The highest BCUT2D eigenvalue weighted by atomic mass is 16.5. The zero-order valence-corrected chi connectivity index (χ0v) is 10.7. The topological polar surface area (TPSA) is 73.6 Å². The van der Waals surface area contributed by atoms with Gasteiger partial charge in [-0.3, -0.25) is 4.79 Å². The zero-order valence-electron chi connectivity index (χ0n) is 10.7. The molecule has 1 aromatic carbocycles. The summed E-state index contributed by atoms with van der Waals surface area (Å²) in [5, 5.41) is 2.96. The lowest BCUT2D eigenvalue weighted by Crippen LogP contribution is -2.42. The molecule has 18 heavy (non-hydrogen) atoms. The second-order valence-corrected chi connectivity index (χ2v) is 4.54. The number of carbonyl (C=O) groups is 1. The molecule has 0 radical (unpaired) electrons. The van der Waals surface area contributed by atoms with E-state index >= 15 is 0 Å². The van der Waals surface area contributed by atoms with E-state index in [1.54, 1.807) is 32.4 Å². The van der Waals surface area contributed by atoms with Gasteiger partial charge in [0, 0.05) is 18.2 Å². The van der Waals surface area contributed by atoms with Crippen molar-refractivity contribution in [2.24, 2.45) is 5.73 Å². The standard InChI is InChI=1S/C13H18N2O3/c1-17-10-5-9(6-11(7-10)18-2)12(16)15-13(8-14)3-4-13/h5-7H,3-4,8,14H2,1-2H3,(H,15,16). The minimum atomic E-state index is -0.201. The fourth-order valence-electron chi connectivity index (χ4n) is 1.78. The summed E-state index contributed by atoms with van der Waals surface area (Å²) in [7, 11) is 3.11. The van der Waals surface area contributed by atoms with Crippen molar-refractivity contribution in [1.29, 1.82) is 0 Å². The minimum Gasteiger partial charge on any atom is -0.497 e. The molecule has 0 aromatic heterocycles. The van der Waals surface area contributed by atoms with E-state index in [1.807, 2.05) is 0 Å². The van der Waals surface area contributed by atoms with E-state index in [4.69, 9.17) is 15.2 Å². The molecular weight excluding hydrogens is 232 g/mol. The lowest BCUT2D eigenvalue weighted by atomic mass is 10.1. The van der Waals surface area contributed by atoms with Crippen LogP contribution in [-0.4, -0.2) is 32.2 Å². The van der Waals surface area contributed by atoms with Crippen LogP contribution in [0.15, 0.2) is 18.2 Å². The van der Waals surface area contributed by atoms with Gasteiger partial charge in [0.2, 0.25) is 0 Å². The summed E-state index contributed by atoms with van der Waals surface area (Å²) in [6, 6.07) is 5.10. The highest BCUT2D eigenvalue weighted by Crippen LogP contribution is 2.34. The van der Waals surface area contributed by atoms with Crippen molar-refractivity contribution in [3.63, 3.8) is 0 Å². The average Bonchev–Trinajstić information content (AvgIpc) is 3.18. The molecule has 1 aromatic rings. The number of hydrogen-bond donors (Lipinski definition) is 2. The Labute approximate surface area is 106 Å². The second kappa shape index (κ2) is 4.86. The first kappa shape index (κ1) is 12.7. The lowest BCUT2D eigenvalue weighted by Gasteiger charge is -2.15. The van der Waals surface area contributed by atoms with Gasteiger partial charge in [-0.05, 0) is 25.0 Å². The fourth-order valence-corrected chi connectivity index (χ4v) is 1.78. The van der Waals surface area contributed by atoms with Gasteiger partial charge in [-0.1, -0.05) is 0 Å². The van der Waals surface area contributed by atoms with Gasteiger partial charge in [-0.15, -0.1) is 0 Å². The maximum Gasteiger partial charge on any atom is 0.252 e. The van der Waals surface area contributed by atoms with Crippen molar-refractivity contribution in [2.45, 2.75) is 18.4 Å². The fraction of sp³-hybridized carbons (Fsp3) is 0.462. The Morgan fingerprint density at radius 1 is 1.28 bits per heavy atom. The number of carbonyl (C=O) groups excluding carboxylic acids is 1. The molecule has 5 heteroatoms. The van der Waals surface area contributed by atoms with E-state index in [2.05, 4.69) is 5.32 Å². The number of ether oxygens (including phenoxy) is 2. The number of nitrogens with two attached hydrogens (primary N) is 1. The monoisotopic (exact) mass is 250 g/mol. The van der Waals surface area contributed by atoms with E-state index in [0.717, 1.165) is 12.8 Å². The van der Waals surface area contributed by atoms with E-state index < -0.39 is 0 Å². The molecule has 1 aliphatic carbocycles. The van der Waals surface area contributed by atoms with E-state index in [1.165, 1.54) is 0 Å². The van der Waals surface area contributed by atoms with Gasteiger partial charge in [-0.25, -0.2) is 0 Å². The van der Waals surface area contributed by atoms with Crippen LogP contribution >= 0.6 is 0 Å². The SMILES string of the molecule is COc1cc(OC)cc(C(=O)NC2(CN)CC2)c1. The summed E-state index contributed by atoms with van der Waals surface area (Å²) in [4.78, 5) is 12.1. The molecule has 98 valence electrons. The number of hydrogen-bond acceptors (Lipinski definition) is 4. The largest absolute Gasteiger partial charge is 0.497 e. The van der Waals surface area contributed by atoms with E-state index in [9.17, 15) is 4.79 Å². The molecule has 1 fully saturated rings. The van der Waals surface area contributed by atoms with E-state index in [0.29, 0.717) is 23.6 Å². The summed E-state index contributed by atoms with van der Waals surface area (Å²) >= 11 is 0. The molecule has 0 spiro atoms. The Bertz CT molecular complexity index is 433. The molecule has 0 bridgehead atoms. The van der Waals surface area contributed by atoms with Crippen molar-refractivity contribution in [3.05, 3.63) is 23.8 Å². The number of benzene rings is 1. The van der Waals surface area contributed by atoms with Gasteiger partial charge in [0.15, 0.2) is 0 Å². The highest BCUT2D eigenvalue weighted by Gasteiger charge is 2.42. The van der Waals surface area contributed by atoms with Crippen LogP contribution in [0, 0.1) is 0 Å². The number of amides is 1. The van der Waals surface area contributed by atoms with Crippen LogP contribution in [0.1, 0.15) is 23.2 Å². The quantitative estimate of drug-likeness (QED) is 0.815. The summed E-state index contributed by atoms with van der Waals surface area (Å²) in [6.07, 6.45) is 1.88. The molecule has 0 unspecified atom stereocenters. The van der Waals surface area contributed by atoms with Crippen LogP contribution in [-0.2, 0) is 0 Å². The van der Waals surface area contributed by atoms with Crippen LogP contribution in [0.4, 0.5) is 0 Å². The Morgan fingerprint density at radius 2 is 1.83 bits per heavy atom. The van der Waals surface area contributed by atoms with Gasteiger partial charge in [0.1, 0.15) is 11.5 Å². The number of rotatable bonds is 5. The molecule has 3 N–H and O–H groups in total. The second-order valence-electron chi connectivity index (χ2n) is 4.54. The lowest BCUT2D eigenvalue weighted by molar-refractivity contribution is 0.0932. The maximum absolute atomic E-state index is 12.1. The molecule has 0 aliphatic heterocycles. The Kier molecular flexibility index (Phi) is 3.43. The van der Waals surface area contributed by atoms with Crippen LogP contribution < -0.4 is 20.5 Å². The van der Waals surface area contributed by atoms with Gasteiger partial charge in [-0.2, -0.15) is 0 Å². The van der Waals surface area contributed by atoms with Crippen molar-refractivity contribution >= 4 is 5.91 Å². The van der Waals surface area contributed by atoms with Crippen LogP contribution in [0.25, 0.3) is 0 Å². The van der Waals surface area contributed by atoms with Crippen molar-refractivity contribution in [3.8, 4) is 11.5 Å². The van der Waals surface area contributed by atoms with E-state index in [-0.39, 0.29) is 11.4 Å². The third kappa shape index (κ3) is 2.56. The Morgan fingerprint density at radius 3 is 2.22 bits per heavy atom. The summed E-state index contributed by atoms with van der Waals surface area (Å²) in [5.74, 6) is 1.05. The van der Waals surface area contributed by atoms with Crippen molar-refractivity contribution < 1.29 is 14.3 Å². The van der Waals surface area contributed by atoms with Crippen LogP contribution in [0.5, 0.6) is 11.5 Å². The molecule has 0 saturated heterocycles. The molecule has 1 amide bonds. The molecule has 0 heterocycles. The first-order chi connectivity index (χ1) is 8.62. The molecular formula is C13H18N2O3. The van der Waals surface area contributed by atoms with Gasteiger partial charge in [0.05, 0.1) is 19.8 Å². The summed E-state index contributed by atoms with van der Waals surface area (Å²) in [5.41, 5.74) is 5.96.